The van der Waals surface area contributed by atoms with Gasteiger partial charge in [0.05, 0.1) is 11.4 Å². The molecule has 202 valence electrons. The Morgan fingerprint density at radius 2 is 1.70 bits per heavy atom. The van der Waals surface area contributed by atoms with Crippen molar-refractivity contribution in [1.29, 1.82) is 0 Å². The van der Waals surface area contributed by atoms with Gasteiger partial charge in [-0.3, -0.25) is 13.9 Å². The van der Waals surface area contributed by atoms with Crippen LogP contribution >= 0.6 is 0 Å². The van der Waals surface area contributed by atoms with Crippen molar-refractivity contribution in [2.75, 3.05) is 29.9 Å². The Morgan fingerprint density at radius 1 is 1.03 bits per heavy atom. The Hall–Kier alpha value is -3.27. The predicted octanol–water partition coefficient (Wildman–Crippen LogP) is 3.34. The molecule has 0 aliphatic carbocycles. The number of nitrogens with one attached hydrogen (secondary N) is 1. The molecule has 0 radical (unpaired) electrons. The lowest BCUT2D eigenvalue weighted by Crippen LogP contribution is -2.56. The minimum absolute atomic E-state index is 0.0482. The molecule has 1 heterocycles. The summed E-state index contributed by atoms with van der Waals surface area (Å²) in [6.45, 7) is 8.87. The third-order valence-corrected chi connectivity index (χ3v) is 7.73. The quantitative estimate of drug-likeness (QED) is 0.477. The fourth-order valence-corrected chi connectivity index (χ4v) is 5.16. The molecule has 0 spiro atoms. The van der Waals surface area contributed by atoms with Gasteiger partial charge in [0.2, 0.25) is 28.6 Å². The molecule has 0 saturated carbocycles. The number of ether oxygens (including phenoxy) is 2. The number of benzene rings is 2. The third kappa shape index (κ3) is 7.38. The van der Waals surface area contributed by atoms with E-state index in [1.807, 2.05) is 58.0 Å². The number of nitrogens with zero attached hydrogens (tertiary/aromatic N) is 2. The smallest absolute Gasteiger partial charge is 0.244 e. The Balaban J connectivity index is 1.93. The maximum atomic E-state index is 13.8. The second-order valence-electron chi connectivity index (χ2n) is 9.93. The Labute approximate surface area is 219 Å². The molecular formula is C27H37N3O6S. The first-order valence-electron chi connectivity index (χ1n) is 12.5. The summed E-state index contributed by atoms with van der Waals surface area (Å²) >= 11 is 0. The number of rotatable bonds is 11. The first-order chi connectivity index (χ1) is 17.4. The molecule has 1 atom stereocenters. The zero-order valence-electron chi connectivity index (χ0n) is 22.2. The van der Waals surface area contributed by atoms with Crippen molar-refractivity contribution in [3.63, 3.8) is 0 Å². The Bertz CT molecular complexity index is 1190. The molecule has 2 amide bonds. The van der Waals surface area contributed by atoms with Gasteiger partial charge in [-0.15, -0.1) is 0 Å². The van der Waals surface area contributed by atoms with Crippen LogP contribution in [0, 0.1) is 0 Å². The van der Waals surface area contributed by atoms with E-state index in [1.54, 1.807) is 18.2 Å². The summed E-state index contributed by atoms with van der Waals surface area (Å²) in [7, 11) is -3.82. The van der Waals surface area contributed by atoms with Crippen LogP contribution in [0.25, 0.3) is 0 Å². The van der Waals surface area contributed by atoms with Gasteiger partial charge in [0.15, 0.2) is 11.5 Å². The number of amides is 2. The molecule has 0 bridgehead atoms. The molecule has 2 aromatic rings. The van der Waals surface area contributed by atoms with E-state index in [4.69, 9.17) is 9.47 Å². The highest BCUT2D eigenvalue weighted by atomic mass is 32.2. The van der Waals surface area contributed by atoms with Gasteiger partial charge in [-0.25, -0.2) is 8.42 Å². The summed E-state index contributed by atoms with van der Waals surface area (Å²) in [6.07, 6.45) is 0.906. The monoisotopic (exact) mass is 531 g/mol. The Morgan fingerprint density at radius 3 is 2.32 bits per heavy atom. The van der Waals surface area contributed by atoms with Crippen LogP contribution in [0.5, 0.6) is 11.5 Å². The summed E-state index contributed by atoms with van der Waals surface area (Å²) in [4.78, 5) is 28.5. The van der Waals surface area contributed by atoms with Crippen LogP contribution in [0.15, 0.2) is 48.5 Å². The van der Waals surface area contributed by atoms with E-state index in [9.17, 15) is 18.0 Å². The van der Waals surface area contributed by atoms with Crippen LogP contribution in [-0.2, 0) is 26.0 Å². The van der Waals surface area contributed by atoms with Gasteiger partial charge in [0, 0.05) is 18.2 Å². The van der Waals surface area contributed by atoms with E-state index in [0.717, 1.165) is 9.87 Å². The van der Waals surface area contributed by atoms with Crippen molar-refractivity contribution in [3.05, 3.63) is 54.1 Å². The zero-order chi connectivity index (χ0) is 27.2. The summed E-state index contributed by atoms with van der Waals surface area (Å²) < 4.78 is 38.0. The van der Waals surface area contributed by atoms with Crippen molar-refractivity contribution in [3.8, 4) is 11.5 Å². The minimum atomic E-state index is -3.82. The van der Waals surface area contributed by atoms with E-state index >= 15 is 0 Å². The summed E-state index contributed by atoms with van der Waals surface area (Å²) in [6, 6.07) is 13.7. The standard InChI is InChI=1S/C27H37N3O6S/c1-6-22(26(32)28-27(3,4)5)29(16-15-20-11-9-8-10-12-20)25(31)18-30(37(33,34)7-2)21-13-14-23-24(17-21)36-19-35-23/h8-14,17,22H,6-7,15-16,18-19H2,1-5H3,(H,28,32)/t22-/m0/s1. The average molecular weight is 532 g/mol. The number of sulfonamides is 1. The molecule has 3 rings (SSSR count). The topological polar surface area (TPSA) is 105 Å². The molecule has 0 unspecified atom stereocenters. The van der Waals surface area contributed by atoms with Gasteiger partial charge >= 0.3 is 0 Å². The molecule has 9 nitrogen and oxygen atoms in total. The molecule has 10 heteroatoms. The first-order valence-corrected chi connectivity index (χ1v) is 14.1. The molecule has 37 heavy (non-hydrogen) atoms. The maximum Gasteiger partial charge on any atom is 0.244 e. The van der Waals surface area contributed by atoms with Gasteiger partial charge < -0.3 is 19.7 Å². The number of fused-ring (bicyclic) bond motifs is 1. The van der Waals surface area contributed by atoms with Crippen LogP contribution in [-0.4, -0.2) is 62.3 Å². The molecule has 1 aliphatic rings. The van der Waals surface area contributed by atoms with Crippen molar-refractivity contribution in [2.24, 2.45) is 0 Å². The highest BCUT2D eigenvalue weighted by Gasteiger charge is 2.33. The molecule has 1 N–H and O–H groups in total. The highest BCUT2D eigenvalue weighted by Crippen LogP contribution is 2.36. The molecule has 0 saturated heterocycles. The van der Waals surface area contributed by atoms with E-state index in [2.05, 4.69) is 5.32 Å². The lowest BCUT2D eigenvalue weighted by Gasteiger charge is -2.34. The van der Waals surface area contributed by atoms with Gasteiger partial charge in [0.25, 0.3) is 0 Å². The second-order valence-corrected chi connectivity index (χ2v) is 12.1. The van der Waals surface area contributed by atoms with Gasteiger partial charge in [-0.2, -0.15) is 0 Å². The number of hydrogen-bond acceptors (Lipinski definition) is 6. The van der Waals surface area contributed by atoms with Crippen molar-refractivity contribution in [2.45, 2.75) is 59.0 Å². The lowest BCUT2D eigenvalue weighted by atomic mass is 10.1. The predicted molar refractivity (Wildman–Crippen MR) is 143 cm³/mol. The number of carbonyl (C=O) groups is 2. The summed E-state index contributed by atoms with van der Waals surface area (Å²) in [5, 5.41) is 2.96. The second kappa shape index (κ2) is 11.9. The van der Waals surface area contributed by atoms with Crippen LogP contribution in [0.3, 0.4) is 0 Å². The summed E-state index contributed by atoms with van der Waals surface area (Å²) in [5.74, 6) is 0.00268. The molecule has 0 aromatic heterocycles. The number of anilines is 1. The highest BCUT2D eigenvalue weighted by molar-refractivity contribution is 7.92. The van der Waals surface area contributed by atoms with Gasteiger partial charge in [-0.1, -0.05) is 37.3 Å². The van der Waals surface area contributed by atoms with Gasteiger partial charge in [-0.05, 0) is 58.2 Å². The minimum Gasteiger partial charge on any atom is -0.454 e. The van der Waals surface area contributed by atoms with Gasteiger partial charge in [0.1, 0.15) is 12.6 Å². The van der Waals surface area contributed by atoms with Crippen LogP contribution < -0.4 is 19.1 Å². The van der Waals surface area contributed by atoms with Crippen LogP contribution in [0.1, 0.15) is 46.6 Å². The van der Waals surface area contributed by atoms with Crippen molar-refractivity contribution in [1.82, 2.24) is 10.2 Å². The maximum absolute atomic E-state index is 13.8. The summed E-state index contributed by atoms with van der Waals surface area (Å²) in [5.41, 5.74) is 0.831. The fourth-order valence-electron chi connectivity index (χ4n) is 4.11. The van der Waals surface area contributed by atoms with E-state index in [1.165, 1.54) is 11.8 Å². The van der Waals surface area contributed by atoms with Crippen LogP contribution in [0.2, 0.25) is 0 Å². The molecular weight excluding hydrogens is 494 g/mol. The first kappa shape index (κ1) is 28.3. The molecule has 2 aromatic carbocycles. The normalized spacial score (nSPS) is 13.6. The van der Waals surface area contributed by atoms with Crippen molar-refractivity contribution >= 4 is 27.5 Å². The average Bonchev–Trinajstić information content (AvgIpc) is 3.32. The molecule has 0 fully saturated rings. The van der Waals surface area contributed by atoms with Crippen LogP contribution in [0.4, 0.5) is 5.69 Å². The fraction of sp³-hybridized carbons (Fsp3) is 0.481. The van der Waals surface area contributed by atoms with E-state index in [-0.39, 0.29) is 25.0 Å². The van der Waals surface area contributed by atoms with Crippen molar-refractivity contribution < 1.29 is 27.5 Å². The Kier molecular flexibility index (Phi) is 9.07. The number of carbonyl (C=O) groups excluding carboxylic acids is 2. The largest absolute Gasteiger partial charge is 0.454 e. The number of hydrogen-bond donors (Lipinski definition) is 1. The molecule has 1 aliphatic heterocycles. The SMILES string of the molecule is CC[C@@H](C(=O)NC(C)(C)C)N(CCc1ccccc1)C(=O)CN(c1ccc2c(c1)OCO2)S(=O)(=O)CC. The zero-order valence-corrected chi connectivity index (χ0v) is 23.0. The van der Waals surface area contributed by atoms with E-state index in [0.29, 0.717) is 30.0 Å². The lowest BCUT2D eigenvalue weighted by molar-refractivity contribution is -0.140. The third-order valence-electron chi connectivity index (χ3n) is 5.99. The van der Waals surface area contributed by atoms with E-state index < -0.39 is 34.1 Å².